The third-order valence-electron chi connectivity index (χ3n) is 3.14. The molecule has 0 heterocycles. The van der Waals surface area contributed by atoms with Gasteiger partial charge in [0.25, 0.3) is 0 Å². The molecule has 19 heavy (non-hydrogen) atoms. The van der Waals surface area contributed by atoms with Crippen LogP contribution in [0.2, 0.25) is 0 Å². The van der Waals surface area contributed by atoms with E-state index < -0.39 is 11.4 Å². The molecular formula is C14H28O4Zr. The number of aliphatic hydroxyl groups excluding tert-OH is 1. The number of rotatable bonds is 8. The summed E-state index contributed by atoms with van der Waals surface area (Å²) in [5.74, 6) is -1.11. The van der Waals surface area contributed by atoms with E-state index >= 15 is 0 Å². The van der Waals surface area contributed by atoms with Gasteiger partial charge in [-0.1, -0.05) is 34.1 Å². The van der Waals surface area contributed by atoms with E-state index in [2.05, 4.69) is 6.92 Å². The zero-order valence-corrected chi connectivity index (χ0v) is 15.1. The van der Waals surface area contributed by atoms with Gasteiger partial charge in [-0.15, -0.1) is 0 Å². The van der Waals surface area contributed by atoms with Crippen LogP contribution < -0.4 is 0 Å². The SMILES string of the molecule is CCCC(=O)C(CC)(CC)C(=O)O.CCCCO.[Zr]. The predicted octanol–water partition coefficient (Wildman–Crippen LogP) is 3.02. The zero-order chi connectivity index (χ0) is 14.6. The Hall–Kier alpha value is -0.0169. The van der Waals surface area contributed by atoms with Crippen molar-refractivity contribution in [1.29, 1.82) is 0 Å². The van der Waals surface area contributed by atoms with Crippen molar-refractivity contribution in [3.05, 3.63) is 0 Å². The van der Waals surface area contributed by atoms with Crippen molar-refractivity contribution in [2.24, 2.45) is 5.41 Å². The second kappa shape index (κ2) is 14.4. The Morgan fingerprint density at radius 3 is 1.63 bits per heavy atom. The number of hydrogen-bond acceptors (Lipinski definition) is 3. The van der Waals surface area contributed by atoms with Crippen molar-refractivity contribution in [3.8, 4) is 0 Å². The van der Waals surface area contributed by atoms with E-state index in [1.54, 1.807) is 13.8 Å². The number of aliphatic carboxylic acids is 1. The zero-order valence-electron chi connectivity index (χ0n) is 12.7. The molecule has 0 saturated heterocycles. The first-order valence-corrected chi connectivity index (χ1v) is 6.84. The largest absolute Gasteiger partial charge is 0.480 e. The average molecular weight is 352 g/mol. The second-order valence-corrected chi connectivity index (χ2v) is 4.34. The molecule has 0 amide bonds. The molecular weight excluding hydrogens is 323 g/mol. The Morgan fingerprint density at radius 1 is 1.00 bits per heavy atom. The van der Waals surface area contributed by atoms with Gasteiger partial charge >= 0.3 is 5.97 Å². The summed E-state index contributed by atoms with van der Waals surface area (Å²) >= 11 is 0. The second-order valence-electron chi connectivity index (χ2n) is 4.34. The van der Waals surface area contributed by atoms with Crippen LogP contribution >= 0.6 is 0 Å². The van der Waals surface area contributed by atoms with Crippen LogP contribution in [-0.2, 0) is 35.8 Å². The van der Waals surface area contributed by atoms with Crippen LogP contribution in [0.15, 0.2) is 0 Å². The summed E-state index contributed by atoms with van der Waals surface area (Å²) in [4.78, 5) is 22.6. The number of Topliss-reactive ketones (excluding diaryl/α,β-unsaturated/α-hetero) is 1. The Labute approximate surface area is 136 Å². The van der Waals surface area contributed by atoms with Crippen molar-refractivity contribution in [2.45, 2.75) is 66.2 Å². The summed E-state index contributed by atoms with van der Waals surface area (Å²) in [5, 5.41) is 17.1. The summed E-state index contributed by atoms with van der Waals surface area (Å²) < 4.78 is 0. The first-order valence-electron chi connectivity index (χ1n) is 6.84. The van der Waals surface area contributed by atoms with Crippen LogP contribution in [0.4, 0.5) is 0 Å². The molecule has 4 nitrogen and oxygen atoms in total. The summed E-state index contributed by atoms with van der Waals surface area (Å²) in [6, 6.07) is 0. The predicted molar refractivity (Wildman–Crippen MR) is 72.6 cm³/mol. The smallest absolute Gasteiger partial charge is 0.317 e. The number of ketones is 1. The van der Waals surface area contributed by atoms with E-state index in [0.717, 1.165) is 12.8 Å². The molecule has 112 valence electrons. The third-order valence-corrected chi connectivity index (χ3v) is 3.14. The van der Waals surface area contributed by atoms with E-state index in [9.17, 15) is 9.59 Å². The first-order chi connectivity index (χ1) is 8.46. The Balaban J connectivity index is -0.000000366. The molecule has 0 aromatic rings. The monoisotopic (exact) mass is 350 g/mol. The van der Waals surface area contributed by atoms with Gasteiger partial charge < -0.3 is 10.2 Å². The Kier molecular flexibility index (Phi) is 18.2. The molecule has 2 N–H and O–H groups in total. The minimum Gasteiger partial charge on any atom is -0.480 e. The fourth-order valence-electron chi connectivity index (χ4n) is 1.69. The van der Waals surface area contributed by atoms with Crippen LogP contribution in [0.25, 0.3) is 0 Å². The van der Waals surface area contributed by atoms with Gasteiger partial charge in [0.2, 0.25) is 0 Å². The van der Waals surface area contributed by atoms with Crippen molar-refractivity contribution < 1.29 is 46.0 Å². The minimum atomic E-state index is -1.13. The van der Waals surface area contributed by atoms with E-state index in [-0.39, 0.29) is 32.0 Å². The van der Waals surface area contributed by atoms with E-state index in [1.807, 2.05) is 6.92 Å². The maximum absolute atomic E-state index is 11.6. The topological polar surface area (TPSA) is 74.6 Å². The number of unbranched alkanes of at least 4 members (excludes halogenated alkanes) is 1. The molecule has 0 aliphatic rings. The minimum absolute atomic E-state index is 0. The summed E-state index contributed by atoms with van der Waals surface area (Å²) in [6.07, 6.45) is 3.90. The quantitative estimate of drug-likeness (QED) is 0.659. The molecule has 0 aromatic heterocycles. The van der Waals surface area contributed by atoms with E-state index in [4.69, 9.17) is 10.2 Å². The molecule has 0 saturated carbocycles. The maximum atomic E-state index is 11.6. The maximum Gasteiger partial charge on any atom is 0.317 e. The van der Waals surface area contributed by atoms with E-state index in [0.29, 0.717) is 32.3 Å². The van der Waals surface area contributed by atoms with Crippen molar-refractivity contribution in [1.82, 2.24) is 0 Å². The molecule has 0 radical (unpaired) electrons. The molecule has 0 spiro atoms. The molecule has 0 rings (SSSR count). The van der Waals surface area contributed by atoms with E-state index in [1.165, 1.54) is 0 Å². The first kappa shape index (κ1) is 24.0. The number of hydrogen-bond donors (Lipinski definition) is 2. The number of carboxylic acids is 1. The van der Waals surface area contributed by atoms with Crippen LogP contribution in [-0.4, -0.2) is 28.6 Å². The van der Waals surface area contributed by atoms with Crippen molar-refractivity contribution >= 4 is 11.8 Å². The molecule has 0 aliphatic carbocycles. The Morgan fingerprint density at radius 2 is 1.47 bits per heavy atom. The molecule has 0 bridgehead atoms. The molecule has 0 aliphatic heterocycles. The molecule has 0 atom stereocenters. The van der Waals surface area contributed by atoms with Crippen LogP contribution in [0, 0.1) is 5.41 Å². The summed E-state index contributed by atoms with van der Waals surface area (Å²) in [5.41, 5.74) is -1.13. The van der Waals surface area contributed by atoms with Crippen LogP contribution in [0.1, 0.15) is 66.2 Å². The summed E-state index contributed by atoms with van der Waals surface area (Å²) in [7, 11) is 0. The van der Waals surface area contributed by atoms with Gasteiger partial charge in [-0.2, -0.15) is 0 Å². The molecule has 0 unspecified atom stereocenters. The number of carboxylic acid groups (broad SMARTS) is 1. The van der Waals surface area contributed by atoms with Crippen LogP contribution in [0.5, 0.6) is 0 Å². The summed E-state index contributed by atoms with van der Waals surface area (Å²) in [6.45, 7) is 7.79. The fourth-order valence-corrected chi connectivity index (χ4v) is 1.69. The average Bonchev–Trinajstić information content (AvgIpc) is 2.33. The Bertz CT molecular complexity index is 236. The van der Waals surface area contributed by atoms with Gasteiger partial charge in [-0.3, -0.25) is 9.59 Å². The molecule has 0 fully saturated rings. The van der Waals surface area contributed by atoms with Crippen LogP contribution in [0.3, 0.4) is 0 Å². The molecule has 0 aromatic carbocycles. The van der Waals surface area contributed by atoms with Gasteiger partial charge in [0, 0.05) is 39.2 Å². The molecule has 5 heteroatoms. The number of aliphatic hydroxyl groups is 1. The van der Waals surface area contributed by atoms with Crippen molar-refractivity contribution in [2.75, 3.05) is 6.61 Å². The normalized spacial score (nSPS) is 9.95. The number of carbonyl (C=O) groups is 2. The van der Waals surface area contributed by atoms with Crippen molar-refractivity contribution in [3.63, 3.8) is 0 Å². The third kappa shape index (κ3) is 8.70. The van der Waals surface area contributed by atoms with Gasteiger partial charge in [0.1, 0.15) is 11.2 Å². The number of carbonyl (C=O) groups excluding carboxylic acids is 1. The standard InChI is InChI=1S/C10H18O3.C4H10O.Zr/c1-4-7-8(11)10(5-2,6-3)9(12)13;1-2-3-4-5;/h4-7H2,1-3H3,(H,12,13);5H,2-4H2,1H3;. The van der Waals surface area contributed by atoms with Gasteiger partial charge in [-0.05, 0) is 25.7 Å². The fraction of sp³-hybridized carbons (Fsp3) is 0.857. The van der Waals surface area contributed by atoms with Gasteiger partial charge in [0.05, 0.1) is 0 Å². The van der Waals surface area contributed by atoms with Gasteiger partial charge in [0.15, 0.2) is 0 Å². The van der Waals surface area contributed by atoms with Gasteiger partial charge in [-0.25, -0.2) is 0 Å².